The molecule has 0 radical (unpaired) electrons. The van der Waals surface area contributed by atoms with E-state index >= 15 is 0 Å². The van der Waals surface area contributed by atoms with Gasteiger partial charge >= 0.3 is 41.5 Å². The van der Waals surface area contributed by atoms with Crippen LogP contribution in [0.5, 0.6) is 0 Å². The van der Waals surface area contributed by atoms with Crippen molar-refractivity contribution in [1.29, 1.82) is 0 Å². The van der Waals surface area contributed by atoms with E-state index in [1.54, 1.807) is 0 Å². The van der Waals surface area contributed by atoms with Crippen LogP contribution in [0, 0.1) is 5.92 Å². The summed E-state index contributed by atoms with van der Waals surface area (Å²) in [5.41, 5.74) is 0. The smallest absolute Gasteiger partial charge is 0.756 e. The Labute approximate surface area is 503 Å². The van der Waals surface area contributed by atoms with Gasteiger partial charge in [-0.15, -0.1) is 0 Å². The normalized spacial score (nSPS) is 31.2. The summed E-state index contributed by atoms with van der Waals surface area (Å²) in [6.45, 7) is 3.23. The summed E-state index contributed by atoms with van der Waals surface area (Å²) in [5, 5.41) is 117. The van der Waals surface area contributed by atoms with Crippen LogP contribution < -0.4 is 34.5 Å². The topological polar surface area (TPSA) is 371 Å². The van der Waals surface area contributed by atoms with Crippen molar-refractivity contribution in [2.45, 2.75) is 311 Å². The summed E-state index contributed by atoms with van der Waals surface area (Å²) in [7, 11) is -5.88. The summed E-state index contributed by atoms with van der Waals surface area (Å²) in [4.78, 5) is 40.1. The zero-order valence-corrected chi connectivity index (χ0v) is 51.9. The molecule has 0 spiro atoms. The molecule has 23 nitrogen and oxygen atoms in total. The van der Waals surface area contributed by atoms with E-state index in [1.807, 2.05) is 0 Å². The number of aliphatic hydroxyl groups excluding tert-OH is 11. The van der Waals surface area contributed by atoms with Crippen molar-refractivity contribution in [1.82, 2.24) is 0 Å². The van der Waals surface area contributed by atoms with E-state index in [9.17, 15) is 75.2 Å². The van der Waals surface area contributed by atoms with Gasteiger partial charge in [0.1, 0.15) is 92.1 Å². The number of phosphoric ester groups is 1. The molecular formula is C56H104NaO23P. The van der Waals surface area contributed by atoms with Crippen LogP contribution in [0.25, 0.3) is 0 Å². The number of phosphoric acid groups is 1. The third-order valence-corrected chi connectivity index (χ3v) is 16.5. The Kier molecular flexibility index (Phi) is 40.8. The molecule has 1 aliphatic carbocycles. The van der Waals surface area contributed by atoms with E-state index in [1.165, 1.54) is 96.3 Å². The van der Waals surface area contributed by atoms with Crippen molar-refractivity contribution in [2.75, 3.05) is 26.4 Å². The molecule has 0 aromatic rings. The summed E-state index contributed by atoms with van der Waals surface area (Å²) in [5.74, 6) is -0.658. The molecule has 0 bridgehead atoms. The number of hydrogen-bond donors (Lipinski definition) is 11. The van der Waals surface area contributed by atoms with Crippen LogP contribution in [0.3, 0.4) is 0 Å². The summed E-state index contributed by atoms with van der Waals surface area (Å²) >= 11 is 0. The molecule has 0 amide bonds. The van der Waals surface area contributed by atoms with Crippen LogP contribution in [-0.4, -0.2) is 199 Å². The van der Waals surface area contributed by atoms with Crippen LogP contribution in [0.1, 0.15) is 207 Å². The van der Waals surface area contributed by atoms with E-state index in [2.05, 4.69) is 20.8 Å². The molecule has 2 aliphatic heterocycles. The number of ether oxygens (including phenoxy) is 6. The minimum Gasteiger partial charge on any atom is -0.756 e. The molecule has 3 fully saturated rings. The molecule has 11 N–H and O–H groups in total. The Balaban J connectivity index is 0.0000224. The average molecular weight is 1200 g/mol. The molecule has 25 heteroatoms. The van der Waals surface area contributed by atoms with E-state index in [0.717, 1.165) is 64.2 Å². The second kappa shape index (κ2) is 43.2. The molecule has 3 unspecified atom stereocenters. The maximum atomic E-state index is 13.9. The van der Waals surface area contributed by atoms with E-state index in [0.29, 0.717) is 18.8 Å². The predicted molar refractivity (Wildman–Crippen MR) is 289 cm³/mol. The SMILES string of the molecule is CCCCCCCCCCCCCCCC(=O)O[C@H](COC(=O)CCCCCCCC[C@H](C)CCCCCCCC)COP(=O)([O-])OC1[C@H](O[C@H]2O[C@H](CO)[C@@H](O)[C@H](O)[C@@H]2O)[C@H](O)C(O)[C@H](O)[C@H]1O[C@H]1O[C@H](CO)[C@@H](O)[C@H](O)[C@@H]1O.[Na+]. The van der Waals surface area contributed by atoms with E-state index in [-0.39, 0.29) is 42.4 Å². The van der Waals surface area contributed by atoms with Gasteiger partial charge in [-0.05, 0) is 18.8 Å². The van der Waals surface area contributed by atoms with Crippen molar-refractivity contribution in [3.05, 3.63) is 0 Å². The Morgan fingerprint density at radius 2 is 0.840 bits per heavy atom. The fraction of sp³-hybridized carbons (Fsp3) is 0.964. The van der Waals surface area contributed by atoms with Crippen LogP contribution in [0.2, 0.25) is 0 Å². The molecule has 19 atom stereocenters. The molecule has 3 aliphatic rings. The summed E-state index contributed by atoms with van der Waals surface area (Å²) in [6, 6.07) is 0. The zero-order valence-electron chi connectivity index (χ0n) is 49.0. The number of esters is 2. The number of hydrogen-bond acceptors (Lipinski definition) is 23. The Morgan fingerprint density at radius 3 is 1.23 bits per heavy atom. The van der Waals surface area contributed by atoms with Gasteiger partial charge in [0.25, 0.3) is 7.82 Å². The van der Waals surface area contributed by atoms with E-state index in [4.69, 9.17) is 37.5 Å². The molecule has 81 heavy (non-hydrogen) atoms. The third kappa shape index (κ3) is 28.4. The van der Waals surface area contributed by atoms with Crippen molar-refractivity contribution in [3.63, 3.8) is 0 Å². The first kappa shape index (κ1) is 76.5. The zero-order chi connectivity index (χ0) is 59.0. The van der Waals surface area contributed by atoms with Crippen LogP contribution in [0.4, 0.5) is 0 Å². The summed E-state index contributed by atoms with van der Waals surface area (Å²) in [6.07, 6.45) is -5.40. The van der Waals surface area contributed by atoms with Gasteiger partial charge in [0.15, 0.2) is 18.7 Å². The van der Waals surface area contributed by atoms with Gasteiger partial charge in [-0.3, -0.25) is 14.2 Å². The van der Waals surface area contributed by atoms with E-state index < -0.39 is 150 Å². The Bertz CT molecular complexity index is 1620. The molecule has 2 heterocycles. The van der Waals surface area contributed by atoms with Crippen molar-refractivity contribution < 1.29 is 142 Å². The molecule has 1 saturated carbocycles. The first-order valence-electron chi connectivity index (χ1n) is 30.3. The van der Waals surface area contributed by atoms with Crippen molar-refractivity contribution in [3.8, 4) is 0 Å². The molecule has 3 rings (SSSR count). The largest absolute Gasteiger partial charge is 1.00 e. The number of rotatable bonds is 44. The quantitative estimate of drug-likeness (QED) is 0.0174. The maximum absolute atomic E-state index is 13.9. The van der Waals surface area contributed by atoms with Gasteiger partial charge in [0.2, 0.25) is 0 Å². The third-order valence-electron chi connectivity index (χ3n) is 15.6. The van der Waals surface area contributed by atoms with Gasteiger partial charge in [-0.1, -0.05) is 181 Å². The van der Waals surface area contributed by atoms with Gasteiger partial charge in [0.05, 0.1) is 19.8 Å². The average Bonchev–Trinajstić information content (AvgIpc) is 3.46. The van der Waals surface area contributed by atoms with Crippen LogP contribution in [-0.2, 0) is 51.6 Å². The van der Waals surface area contributed by atoms with Gasteiger partial charge in [-0.25, -0.2) is 0 Å². The fourth-order valence-electron chi connectivity index (χ4n) is 10.4. The monoisotopic (exact) mass is 1200 g/mol. The molecular weight excluding hydrogens is 1090 g/mol. The fourth-order valence-corrected chi connectivity index (χ4v) is 11.4. The Hall–Kier alpha value is -0.550. The number of aliphatic hydroxyl groups is 11. The van der Waals surface area contributed by atoms with Crippen LogP contribution >= 0.6 is 7.82 Å². The maximum Gasteiger partial charge on any atom is 1.00 e. The molecule has 0 aromatic heterocycles. The Morgan fingerprint density at radius 1 is 0.481 bits per heavy atom. The second-order valence-electron chi connectivity index (χ2n) is 22.5. The van der Waals surface area contributed by atoms with Crippen molar-refractivity contribution in [2.24, 2.45) is 5.92 Å². The van der Waals surface area contributed by atoms with Crippen LogP contribution in [0.15, 0.2) is 0 Å². The molecule has 472 valence electrons. The first-order chi connectivity index (χ1) is 38.3. The minimum atomic E-state index is -5.88. The molecule has 0 aromatic carbocycles. The second-order valence-corrected chi connectivity index (χ2v) is 23.9. The first-order valence-corrected chi connectivity index (χ1v) is 31.7. The van der Waals surface area contributed by atoms with Gasteiger partial charge in [-0.2, -0.15) is 0 Å². The summed E-state index contributed by atoms with van der Waals surface area (Å²) < 4.78 is 57.7. The van der Waals surface area contributed by atoms with Gasteiger partial charge < -0.3 is 98.5 Å². The minimum absolute atomic E-state index is 0. The number of unbranched alkanes of at least 4 members (excludes halogenated alkanes) is 22. The van der Waals surface area contributed by atoms with Gasteiger partial charge in [0, 0.05) is 12.8 Å². The van der Waals surface area contributed by atoms with Crippen molar-refractivity contribution >= 4 is 19.8 Å². The molecule has 2 saturated heterocycles. The predicted octanol–water partition coefficient (Wildman–Crippen LogP) is 0.771. The number of carbonyl (C=O) groups excluding carboxylic acids is 2. The number of carbonyl (C=O) groups is 2. The standard InChI is InChI=1S/C56H105O23P.Na/c1-4-6-8-10-12-13-14-15-16-17-18-24-28-32-42(60)74-38(35-72-41(59)31-27-23-20-19-22-26-30-37(3)29-25-21-11-9-7-5-2)36-73-80(70,71)79-54-52(77-55-50(68)45(63)43(61)39(33-57)75-55)48(66)47(65)49(67)53(54)78-56-51(69)46(64)44(62)40(34-58)76-56;/h37-40,43-58,61-69H,4-36H2,1-3H3,(H,70,71);/q;+1/p-1/t37-,38-,39-,40-,43-,44-,45+,46+,47?,48-,49+,50+,51+,52-,53-,54?,55-,56-;/m1./s1.